The SMILES string of the molecule is CC1CCCN(C(=O)c2cccc(N)c2Cl)CC1. The third-order valence-corrected chi connectivity index (χ3v) is 3.98. The Kier molecular flexibility index (Phi) is 4.12. The zero-order chi connectivity index (χ0) is 13.1. The largest absolute Gasteiger partial charge is 0.398 e. The minimum atomic E-state index is 0.00130. The van der Waals surface area contributed by atoms with E-state index in [-0.39, 0.29) is 5.91 Å². The molecule has 0 spiro atoms. The third kappa shape index (κ3) is 2.78. The number of nitrogens with zero attached hydrogens (tertiary/aromatic N) is 1. The van der Waals surface area contributed by atoms with Gasteiger partial charge in [0.2, 0.25) is 0 Å². The smallest absolute Gasteiger partial charge is 0.255 e. The van der Waals surface area contributed by atoms with E-state index < -0.39 is 0 Å². The first kappa shape index (κ1) is 13.2. The summed E-state index contributed by atoms with van der Waals surface area (Å²) in [5.41, 5.74) is 6.72. The quantitative estimate of drug-likeness (QED) is 0.794. The van der Waals surface area contributed by atoms with Crippen LogP contribution in [0.15, 0.2) is 18.2 Å². The number of benzene rings is 1. The van der Waals surface area contributed by atoms with Gasteiger partial charge in [-0.1, -0.05) is 24.6 Å². The average molecular weight is 267 g/mol. The Morgan fingerprint density at radius 1 is 1.39 bits per heavy atom. The molecule has 1 saturated heterocycles. The van der Waals surface area contributed by atoms with Crippen molar-refractivity contribution in [1.82, 2.24) is 4.90 Å². The molecule has 98 valence electrons. The number of nitrogens with two attached hydrogens (primary N) is 1. The molecule has 0 saturated carbocycles. The lowest BCUT2D eigenvalue weighted by atomic mass is 10.0. The number of likely N-dealkylation sites (tertiary alicyclic amines) is 1. The van der Waals surface area contributed by atoms with Gasteiger partial charge in [0, 0.05) is 13.1 Å². The maximum absolute atomic E-state index is 12.4. The van der Waals surface area contributed by atoms with Gasteiger partial charge in [-0.15, -0.1) is 0 Å². The van der Waals surface area contributed by atoms with E-state index in [1.165, 1.54) is 6.42 Å². The highest BCUT2D eigenvalue weighted by Crippen LogP contribution is 2.25. The fraction of sp³-hybridized carbons (Fsp3) is 0.500. The monoisotopic (exact) mass is 266 g/mol. The van der Waals surface area contributed by atoms with Crippen LogP contribution in [-0.2, 0) is 0 Å². The molecule has 1 aromatic rings. The summed E-state index contributed by atoms with van der Waals surface area (Å²) >= 11 is 6.10. The van der Waals surface area contributed by atoms with E-state index in [0.717, 1.165) is 25.9 Å². The number of carbonyl (C=O) groups is 1. The number of hydrogen-bond acceptors (Lipinski definition) is 2. The molecule has 3 nitrogen and oxygen atoms in total. The molecule has 1 aromatic carbocycles. The summed E-state index contributed by atoms with van der Waals surface area (Å²) in [5, 5.41) is 0.375. The molecular weight excluding hydrogens is 248 g/mol. The van der Waals surface area contributed by atoms with E-state index in [4.69, 9.17) is 17.3 Å². The van der Waals surface area contributed by atoms with E-state index in [1.54, 1.807) is 18.2 Å². The average Bonchev–Trinajstić information content (AvgIpc) is 2.57. The first-order valence-electron chi connectivity index (χ1n) is 6.43. The highest BCUT2D eigenvalue weighted by molar-refractivity contribution is 6.36. The molecule has 1 heterocycles. The molecule has 1 aliphatic rings. The first-order valence-corrected chi connectivity index (χ1v) is 6.80. The summed E-state index contributed by atoms with van der Waals surface area (Å²) in [5.74, 6) is 0.695. The van der Waals surface area contributed by atoms with Crippen LogP contribution >= 0.6 is 11.6 Å². The molecule has 1 amide bonds. The fourth-order valence-electron chi connectivity index (χ4n) is 2.35. The van der Waals surface area contributed by atoms with Crippen LogP contribution in [0.5, 0.6) is 0 Å². The zero-order valence-electron chi connectivity index (χ0n) is 10.7. The second kappa shape index (κ2) is 5.61. The van der Waals surface area contributed by atoms with Gasteiger partial charge in [0.15, 0.2) is 0 Å². The second-order valence-electron chi connectivity index (χ2n) is 5.04. The summed E-state index contributed by atoms with van der Waals surface area (Å²) in [4.78, 5) is 14.3. The molecule has 1 unspecified atom stereocenters. The van der Waals surface area contributed by atoms with Gasteiger partial charge >= 0.3 is 0 Å². The van der Waals surface area contributed by atoms with Gasteiger partial charge in [0.05, 0.1) is 16.3 Å². The molecule has 1 fully saturated rings. The van der Waals surface area contributed by atoms with Crippen LogP contribution in [0, 0.1) is 5.92 Å². The Morgan fingerprint density at radius 3 is 2.94 bits per heavy atom. The number of nitrogen functional groups attached to an aromatic ring is 1. The summed E-state index contributed by atoms with van der Waals surface area (Å²) < 4.78 is 0. The van der Waals surface area contributed by atoms with Crippen LogP contribution in [0.3, 0.4) is 0 Å². The number of halogens is 1. The van der Waals surface area contributed by atoms with E-state index in [0.29, 0.717) is 22.2 Å². The molecule has 2 rings (SSSR count). The second-order valence-corrected chi connectivity index (χ2v) is 5.42. The summed E-state index contributed by atoms with van der Waals surface area (Å²) in [7, 11) is 0. The Morgan fingerprint density at radius 2 is 2.17 bits per heavy atom. The van der Waals surface area contributed by atoms with E-state index in [1.807, 2.05) is 4.90 Å². The van der Waals surface area contributed by atoms with Crippen molar-refractivity contribution in [3.8, 4) is 0 Å². The Balaban J connectivity index is 2.18. The minimum absolute atomic E-state index is 0.00130. The van der Waals surface area contributed by atoms with Gasteiger partial charge < -0.3 is 10.6 Å². The predicted molar refractivity (Wildman–Crippen MR) is 74.8 cm³/mol. The number of rotatable bonds is 1. The predicted octanol–water partition coefficient (Wildman–Crippen LogP) is 3.18. The molecule has 0 bridgehead atoms. The molecule has 2 N–H and O–H groups in total. The van der Waals surface area contributed by atoms with Crippen LogP contribution in [0.4, 0.5) is 5.69 Å². The number of amides is 1. The maximum Gasteiger partial charge on any atom is 0.255 e. The lowest BCUT2D eigenvalue weighted by Crippen LogP contribution is -2.32. The molecule has 18 heavy (non-hydrogen) atoms. The van der Waals surface area contributed by atoms with Gasteiger partial charge in [-0.05, 0) is 37.3 Å². The van der Waals surface area contributed by atoms with Gasteiger partial charge in [0.25, 0.3) is 5.91 Å². The fourth-order valence-corrected chi connectivity index (χ4v) is 2.56. The molecule has 1 aliphatic heterocycles. The molecule has 1 atom stereocenters. The van der Waals surface area contributed by atoms with Crippen molar-refractivity contribution < 1.29 is 4.79 Å². The van der Waals surface area contributed by atoms with E-state index >= 15 is 0 Å². The van der Waals surface area contributed by atoms with Crippen molar-refractivity contribution in [2.75, 3.05) is 18.8 Å². The molecule has 0 radical (unpaired) electrons. The number of hydrogen-bond donors (Lipinski definition) is 1. The van der Waals surface area contributed by atoms with E-state index in [2.05, 4.69) is 6.92 Å². The van der Waals surface area contributed by atoms with Crippen molar-refractivity contribution >= 4 is 23.2 Å². The Labute approximate surface area is 113 Å². The maximum atomic E-state index is 12.4. The van der Waals surface area contributed by atoms with Crippen molar-refractivity contribution in [2.24, 2.45) is 5.92 Å². The third-order valence-electron chi connectivity index (χ3n) is 3.56. The van der Waals surface area contributed by atoms with Crippen LogP contribution < -0.4 is 5.73 Å². The minimum Gasteiger partial charge on any atom is -0.398 e. The first-order chi connectivity index (χ1) is 8.59. The van der Waals surface area contributed by atoms with Crippen LogP contribution in [0.1, 0.15) is 36.5 Å². The highest BCUT2D eigenvalue weighted by atomic mass is 35.5. The highest BCUT2D eigenvalue weighted by Gasteiger charge is 2.21. The zero-order valence-corrected chi connectivity index (χ0v) is 11.4. The molecule has 0 aliphatic carbocycles. The summed E-state index contributed by atoms with van der Waals surface area (Å²) in [6.07, 6.45) is 3.31. The van der Waals surface area contributed by atoms with Gasteiger partial charge in [0.1, 0.15) is 0 Å². The van der Waals surface area contributed by atoms with Gasteiger partial charge in [-0.25, -0.2) is 0 Å². The summed E-state index contributed by atoms with van der Waals surface area (Å²) in [6, 6.07) is 5.23. The van der Waals surface area contributed by atoms with Crippen LogP contribution in [0.25, 0.3) is 0 Å². The van der Waals surface area contributed by atoms with E-state index in [9.17, 15) is 4.79 Å². The molecule has 0 aromatic heterocycles. The molecule has 4 heteroatoms. The Bertz CT molecular complexity index is 447. The standard InChI is InChI=1S/C14H19ClN2O/c1-10-4-3-8-17(9-7-10)14(18)11-5-2-6-12(16)13(11)15/h2,5-6,10H,3-4,7-9,16H2,1H3. The van der Waals surface area contributed by atoms with Crippen LogP contribution in [-0.4, -0.2) is 23.9 Å². The van der Waals surface area contributed by atoms with Gasteiger partial charge in [-0.3, -0.25) is 4.79 Å². The lowest BCUT2D eigenvalue weighted by Gasteiger charge is -2.21. The summed E-state index contributed by atoms with van der Waals surface area (Å²) in [6.45, 7) is 3.86. The topological polar surface area (TPSA) is 46.3 Å². The number of anilines is 1. The van der Waals surface area contributed by atoms with Crippen molar-refractivity contribution in [2.45, 2.75) is 26.2 Å². The van der Waals surface area contributed by atoms with Crippen molar-refractivity contribution in [1.29, 1.82) is 0 Å². The van der Waals surface area contributed by atoms with Crippen LogP contribution in [0.2, 0.25) is 5.02 Å². The van der Waals surface area contributed by atoms with Gasteiger partial charge in [-0.2, -0.15) is 0 Å². The van der Waals surface area contributed by atoms with Crippen molar-refractivity contribution in [3.05, 3.63) is 28.8 Å². The lowest BCUT2D eigenvalue weighted by molar-refractivity contribution is 0.0760. The van der Waals surface area contributed by atoms with Crippen molar-refractivity contribution in [3.63, 3.8) is 0 Å². The number of carbonyl (C=O) groups excluding carboxylic acids is 1. The normalized spacial score (nSPS) is 20.6. The molecular formula is C14H19ClN2O. The Hall–Kier alpha value is -1.22.